The summed E-state index contributed by atoms with van der Waals surface area (Å²) in [6.07, 6.45) is 1.69. The van der Waals surface area contributed by atoms with E-state index in [4.69, 9.17) is 0 Å². The van der Waals surface area contributed by atoms with Crippen molar-refractivity contribution in [1.82, 2.24) is 9.29 Å². The van der Waals surface area contributed by atoms with Gasteiger partial charge >= 0.3 is 16.4 Å². The summed E-state index contributed by atoms with van der Waals surface area (Å²) in [5.74, 6) is -1.38. The standard InChI is InChI=1S/C17H17F3N4O3S/c1-2-24-13(10-12(23-28(24,26)27)11-6-3-4-7-11)16(25)22-15-9-5-8-14(21-15)17(18,19)20/h3-5,8-11H,2,6-7H2,1H3,(H,21,22,25). The van der Waals surface area contributed by atoms with Gasteiger partial charge < -0.3 is 5.32 Å². The summed E-state index contributed by atoms with van der Waals surface area (Å²) in [5.41, 5.74) is -1.13. The number of nitrogens with one attached hydrogen (secondary N) is 1. The topological polar surface area (TPSA) is 91.7 Å². The van der Waals surface area contributed by atoms with Gasteiger partial charge in [-0.1, -0.05) is 18.2 Å². The molecule has 1 amide bonds. The molecule has 7 nitrogen and oxygen atoms in total. The summed E-state index contributed by atoms with van der Waals surface area (Å²) in [4.78, 5) is 16.0. The summed E-state index contributed by atoms with van der Waals surface area (Å²) >= 11 is 0. The van der Waals surface area contributed by atoms with Gasteiger partial charge in [0.1, 0.15) is 17.2 Å². The van der Waals surface area contributed by atoms with Crippen LogP contribution in [-0.4, -0.2) is 35.9 Å². The van der Waals surface area contributed by atoms with E-state index in [0.717, 1.165) is 16.4 Å². The van der Waals surface area contributed by atoms with E-state index in [9.17, 15) is 26.4 Å². The maximum Gasteiger partial charge on any atom is 0.433 e. The summed E-state index contributed by atoms with van der Waals surface area (Å²) in [5, 5.41) is 2.24. The van der Waals surface area contributed by atoms with Gasteiger partial charge in [-0.05, 0) is 38.0 Å². The largest absolute Gasteiger partial charge is 0.433 e. The van der Waals surface area contributed by atoms with Crippen LogP contribution in [0.15, 0.2) is 46.5 Å². The Morgan fingerprint density at radius 3 is 2.57 bits per heavy atom. The molecule has 0 saturated heterocycles. The fourth-order valence-corrected chi connectivity index (χ4v) is 4.23. The molecule has 1 aliphatic carbocycles. The fourth-order valence-electron chi connectivity index (χ4n) is 2.95. The molecular weight excluding hydrogens is 397 g/mol. The number of amides is 1. The molecule has 2 heterocycles. The first-order valence-electron chi connectivity index (χ1n) is 8.46. The number of anilines is 1. The van der Waals surface area contributed by atoms with Crippen LogP contribution in [0, 0.1) is 5.92 Å². The summed E-state index contributed by atoms with van der Waals surface area (Å²) in [6.45, 7) is 1.47. The highest BCUT2D eigenvalue weighted by Crippen LogP contribution is 2.29. The Morgan fingerprint density at radius 1 is 1.29 bits per heavy atom. The van der Waals surface area contributed by atoms with E-state index in [1.54, 1.807) is 0 Å². The summed E-state index contributed by atoms with van der Waals surface area (Å²) in [7, 11) is -4.11. The highest BCUT2D eigenvalue weighted by Gasteiger charge is 2.35. The quantitative estimate of drug-likeness (QED) is 0.767. The van der Waals surface area contributed by atoms with Crippen molar-refractivity contribution < 1.29 is 26.4 Å². The molecule has 1 aromatic heterocycles. The molecule has 2 aliphatic rings. The summed E-state index contributed by atoms with van der Waals surface area (Å²) in [6, 6.07) is 3.07. The molecule has 28 heavy (non-hydrogen) atoms. The van der Waals surface area contributed by atoms with Crippen molar-refractivity contribution in [2.75, 3.05) is 11.9 Å². The number of aromatic nitrogens is 1. The number of alkyl halides is 3. The predicted octanol–water partition coefficient (Wildman–Crippen LogP) is 2.91. The van der Waals surface area contributed by atoms with Crippen LogP contribution in [0.2, 0.25) is 0 Å². The molecule has 1 aromatic rings. The molecule has 0 spiro atoms. The minimum absolute atomic E-state index is 0.0582. The Labute approximate surface area is 159 Å². The van der Waals surface area contributed by atoms with E-state index in [1.807, 2.05) is 12.2 Å². The molecule has 0 bridgehead atoms. The molecule has 1 aliphatic heterocycles. The fraction of sp³-hybridized carbons (Fsp3) is 0.353. The van der Waals surface area contributed by atoms with Gasteiger partial charge in [0.05, 0.1) is 5.71 Å². The molecule has 11 heteroatoms. The van der Waals surface area contributed by atoms with Crippen molar-refractivity contribution >= 4 is 27.6 Å². The van der Waals surface area contributed by atoms with Gasteiger partial charge in [0.25, 0.3) is 5.91 Å². The third kappa shape index (κ3) is 4.08. The van der Waals surface area contributed by atoms with Gasteiger partial charge in [-0.15, -0.1) is 4.40 Å². The average Bonchev–Trinajstić information content (AvgIpc) is 3.14. The van der Waals surface area contributed by atoms with E-state index in [-0.39, 0.29) is 29.7 Å². The first kappa shape index (κ1) is 20.1. The lowest BCUT2D eigenvalue weighted by Crippen LogP contribution is -2.39. The first-order chi connectivity index (χ1) is 13.1. The predicted molar refractivity (Wildman–Crippen MR) is 96.6 cm³/mol. The maximum absolute atomic E-state index is 12.8. The van der Waals surface area contributed by atoms with Gasteiger partial charge in [-0.2, -0.15) is 21.6 Å². The second-order valence-corrected chi connectivity index (χ2v) is 7.71. The number of carbonyl (C=O) groups excluding carboxylic acids is 1. The molecule has 0 atom stereocenters. The van der Waals surface area contributed by atoms with E-state index >= 15 is 0 Å². The van der Waals surface area contributed by atoms with E-state index < -0.39 is 28.0 Å². The van der Waals surface area contributed by atoms with Crippen LogP contribution in [0.5, 0.6) is 0 Å². The molecular formula is C17H17F3N4O3S. The number of hydrogen-bond donors (Lipinski definition) is 1. The number of carbonyl (C=O) groups is 1. The van der Waals surface area contributed by atoms with Crippen LogP contribution in [0.1, 0.15) is 25.5 Å². The molecule has 1 N–H and O–H groups in total. The number of nitrogens with zero attached hydrogens (tertiary/aromatic N) is 3. The van der Waals surface area contributed by atoms with Crippen LogP contribution in [0.4, 0.5) is 19.0 Å². The number of allylic oxidation sites excluding steroid dienone is 3. The van der Waals surface area contributed by atoms with Crippen molar-refractivity contribution in [3.63, 3.8) is 0 Å². The van der Waals surface area contributed by atoms with Crippen molar-refractivity contribution in [2.24, 2.45) is 10.3 Å². The number of hydrogen-bond acceptors (Lipinski definition) is 4. The van der Waals surface area contributed by atoms with Crippen LogP contribution in [0.3, 0.4) is 0 Å². The molecule has 0 aromatic carbocycles. The smallest absolute Gasteiger partial charge is 0.305 e. The van der Waals surface area contributed by atoms with Gasteiger partial charge in [0.15, 0.2) is 0 Å². The van der Waals surface area contributed by atoms with Crippen LogP contribution in [-0.2, 0) is 21.2 Å². The number of rotatable bonds is 4. The third-order valence-corrected chi connectivity index (χ3v) is 5.73. The van der Waals surface area contributed by atoms with Gasteiger partial charge in [-0.3, -0.25) is 4.79 Å². The van der Waals surface area contributed by atoms with Crippen LogP contribution in [0.25, 0.3) is 0 Å². The van der Waals surface area contributed by atoms with Crippen molar-refractivity contribution in [2.45, 2.75) is 25.9 Å². The average molecular weight is 414 g/mol. The van der Waals surface area contributed by atoms with E-state index in [0.29, 0.717) is 12.8 Å². The summed E-state index contributed by atoms with van der Waals surface area (Å²) < 4.78 is 67.9. The van der Waals surface area contributed by atoms with Crippen molar-refractivity contribution in [3.8, 4) is 0 Å². The molecule has 0 radical (unpaired) electrons. The van der Waals surface area contributed by atoms with Gasteiger partial charge in [0.2, 0.25) is 0 Å². The Bertz CT molecular complexity index is 976. The molecule has 3 rings (SSSR count). The number of pyridine rings is 1. The van der Waals surface area contributed by atoms with Crippen molar-refractivity contribution in [1.29, 1.82) is 0 Å². The highest BCUT2D eigenvalue weighted by molar-refractivity contribution is 7.88. The van der Waals surface area contributed by atoms with Gasteiger partial charge in [-0.25, -0.2) is 9.29 Å². The first-order valence-corrected chi connectivity index (χ1v) is 9.86. The molecule has 0 unspecified atom stereocenters. The zero-order valence-corrected chi connectivity index (χ0v) is 15.6. The number of likely N-dealkylation sites (N-methyl/N-ethyl adjacent to an activating group) is 1. The Morgan fingerprint density at radius 2 is 1.96 bits per heavy atom. The minimum atomic E-state index is -4.67. The molecule has 0 fully saturated rings. The Hall–Kier alpha value is -2.69. The van der Waals surface area contributed by atoms with Gasteiger partial charge in [0, 0.05) is 12.5 Å². The SMILES string of the molecule is CCN1C(C(=O)Nc2cccc(C(F)(F)F)n2)=CC(C2CC=CC2)=NS1(=O)=O. The molecule has 0 saturated carbocycles. The second kappa shape index (κ2) is 7.38. The Kier molecular flexibility index (Phi) is 5.28. The minimum Gasteiger partial charge on any atom is -0.305 e. The monoisotopic (exact) mass is 414 g/mol. The second-order valence-electron chi connectivity index (χ2n) is 6.19. The molecule has 150 valence electrons. The zero-order chi connectivity index (χ0) is 20.5. The highest BCUT2D eigenvalue weighted by atomic mass is 32.2. The lowest BCUT2D eigenvalue weighted by Gasteiger charge is -2.27. The number of halogens is 3. The van der Waals surface area contributed by atoms with Crippen LogP contribution < -0.4 is 5.32 Å². The van der Waals surface area contributed by atoms with E-state index in [2.05, 4.69) is 14.7 Å². The normalized spacial score (nSPS) is 19.4. The van der Waals surface area contributed by atoms with E-state index in [1.165, 1.54) is 19.1 Å². The zero-order valence-electron chi connectivity index (χ0n) is 14.8. The third-order valence-electron chi connectivity index (χ3n) is 4.28. The van der Waals surface area contributed by atoms with Crippen molar-refractivity contribution in [3.05, 3.63) is 47.8 Å². The lowest BCUT2D eigenvalue weighted by molar-refractivity contribution is -0.141. The Balaban J connectivity index is 1.91. The van der Waals surface area contributed by atoms with Crippen LogP contribution >= 0.6 is 0 Å². The lowest BCUT2D eigenvalue weighted by atomic mass is 10.00. The maximum atomic E-state index is 12.8.